The molecule has 2 rings (SSSR count). The van der Waals surface area contributed by atoms with Crippen molar-refractivity contribution in [2.75, 3.05) is 27.1 Å². The van der Waals surface area contributed by atoms with E-state index in [0.29, 0.717) is 35.7 Å². The molecule has 1 aromatic heterocycles. The molecule has 0 aliphatic carbocycles. The third-order valence-corrected chi connectivity index (χ3v) is 2.87. The lowest BCUT2D eigenvalue weighted by Gasteiger charge is -2.09. The predicted molar refractivity (Wildman–Crippen MR) is 75.3 cm³/mol. The van der Waals surface area contributed by atoms with Gasteiger partial charge in [0.25, 0.3) is 0 Å². The van der Waals surface area contributed by atoms with Crippen LogP contribution in [0, 0.1) is 13.8 Å². The standard InChI is InChI=1S/C15H18O5/c1-10-6-12(19-9-18-5-4-17-3)8-14-15(10)13(16)7-11(2)20-14/h6-8H,4-5,9H2,1-3H3. The number of ether oxygens (including phenoxy) is 3. The summed E-state index contributed by atoms with van der Waals surface area (Å²) in [6.45, 7) is 4.72. The van der Waals surface area contributed by atoms with Crippen LogP contribution in [0.3, 0.4) is 0 Å². The summed E-state index contributed by atoms with van der Waals surface area (Å²) in [6, 6.07) is 4.99. The zero-order chi connectivity index (χ0) is 14.5. The quantitative estimate of drug-likeness (QED) is 0.600. The second-order valence-corrected chi connectivity index (χ2v) is 4.50. The molecular formula is C15H18O5. The van der Waals surface area contributed by atoms with Gasteiger partial charge in [0.15, 0.2) is 12.2 Å². The minimum absolute atomic E-state index is 0.0378. The molecular weight excluding hydrogens is 260 g/mol. The summed E-state index contributed by atoms with van der Waals surface area (Å²) in [5.74, 6) is 1.19. The van der Waals surface area contributed by atoms with Crippen LogP contribution in [0.2, 0.25) is 0 Å². The Morgan fingerprint density at radius 2 is 1.95 bits per heavy atom. The molecule has 0 aliphatic heterocycles. The number of fused-ring (bicyclic) bond motifs is 1. The highest BCUT2D eigenvalue weighted by Crippen LogP contribution is 2.23. The molecule has 0 saturated heterocycles. The third-order valence-electron chi connectivity index (χ3n) is 2.87. The first-order valence-electron chi connectivity index (χ1n) is 6.36. The van der Waals surface area contributed by atoms with Crippen LogP contribution in [0.1, 0.15) is 11.3 Å². The van der Waals surface area contributed by atoms with Gasteiger partial charge in [0.2, 0.25) is 0 Å². The summed E-state index contributed by atoms with van der Waals surface area (Å²) in [4.78, 5) is 11.9. The maximum atomic E-state index is 11.9. The maximum Gasteiger partial charge on any atom is 0.193 e. The molecule has 0 N–H and O–H groups in total. The molecule has 1 aromatic carbocycles. The minimum atomic E-state index is -0.0378. The number of hydrogen-bond donors (Lipinski definition) is 0. The average molecular weight is 278 g/mol. The van der Waals surface area contributed by atoms with E-state index in [1.54, 1.807) is 26.2 Å². The molecule has 0 fully saturated rings. The fourth-order valence-electron chi connectivity index (χ4n) is 1.97. The van der Waals surface area contributed by atoms with Crippen LogP contribution < -0.4 is 10.2 Å². The summed E-state index contributed by atoms with van der Waals surface area (Å²) in [7, 11) is 1.61. The van der Waals surface area contributed by atoms with Crippen LogP contribution in [0.25, 0.3) is 11.0 Å². The van der Waals surface area contributed by atoms with Crippen LogP contribution >= 0.6 is 0 Å². The first kappa shape index (κ1) is 14.6. The summed E-state index contributed by atoms with van der Waals surface area (Å²) >= 11 is 0. The van der Waals surface area contributed by atoms with E-state index in [-0.39, 0.29) is 12.2 Å². The maximum absolute atomic E-state index is 11.9. The van der Waals surface area contributed by atoms with Gasteiger partial charge in [-0.05, 0) is 25.5 Å². The molecule has 0 spiro atoms. The van der Waals surface area contributed by atoms with Crippen molar-refractivity contribution >= 4 is 11.0 Å². The Kier molecular flexibility index (Phi) is 4.76. The second kappa shape index (κ2) is 6.54. The molecule has 20 heavy (non-hydrogen) atoms. The molecule has 0 unspecified atom stereocenters. The van der Waals surface area contributed by atoms with E-state index in [4.69, 9.17) is 18.6 Å². The van der Waals surface area contributed by atoms with E-state index in [2.05, 4.69) is 0 Å². The fraction of sp³-hybridized carbons (Fsp3) is 0.400. The Bertz CT molecular complexity index is 644. The Hall–Kier alpha value is -1.85. The first-order chi connectivity index (χ1) is 9.61. The monoisotopic (exact) mass is 278 g/mol. The van der Waals surface area contributed by atoms with Crippen molar-refractivity contribution in [3.8, 4) is 5.75 Å². The van der Waals surface area contributed by atoms with Crippen molar-refractivity contribution in [2.24, 2.45) is 0 Å². The Balaban J connectivity index is 2.18. The molecule has 2 aromatic rings. The third kappa shape index (κ3) is 3.37. The molecule has 1 heterocycles. The molecule has 108 valence electrons. The van der Waals surface area contributed by atoms with Crippen molar-refractivity contribution in [3.63, 3.8) is 0 Å². The highest BCUT2D eigenvalue weighted by atomic mass is 16.7. The van der Waals surface area contributed by atoms with Gasteiger partial charge in [-0.1, -0.05) is 0 Å². The van der Waals surface area contributed by atoms with E-state index in [0.717, 1.165) is 5.56 Å². The van der Waals surface area contributed by atoms with Crippen molar-refractivity contribution < 1.29 is 18.6 Å². The average Bonchev–Trinajstić information content (AvgIpc) is 2.37. The van der Waals surface area contributed by atoms with E-state index >= 15 is 0 Å². The molecule has 5 heteroatoms. The molecule has 0 radical (unpaired) electrons. The second-order valence-electron chi connectivity index (χ2n) is 4.50. The molecule has 0 atom stereocenters. The van der Waals surface area contributed by atoms with Crippen LogP contribution in [-0.2, 0) is 9.47 Å². The molecule has 5 nitrogen and oxygen atoms in total. The summed E-state index contributed by atoms with van der Waals surface area (Å²) < 4.78 is 21.2. The van der Waals surface area contributed by atoms with Crippen molar-refractivity contribution in [1.82, 2.24) is 0 Å². The lowest BCUT2D eigenvalue weighted by molar-refractivity contribution is -0.00845. The zero-order valence-electron chi connectivity index (χ0n) is 11.9. The zero-order valence-corrected chi connectivity index (χ0v) is 11.9. The predicted octanol–water partition coefficient (Wildman–Crippen LogP) is 2.41. The number of aryl methyl sites for hydroxylation is 2. The van der Waals surface area contributed by atoms with Crippen LogP contribution in [0.5, 0.6) is 5.75 Å². The van der Waals surface area contributed by atoms with Crippen LogP contribution in [0.15, 0.2) is 27.4 Å². The Labute approximate surface area is 117 Å². The smallest absolute Gasteiger partial charge is 0.193 e. The molecule has 0 saturated carbocycles. The largest absolute Gasteiger partial charge is 0.467 e. The topological polar surface area (TPSA) is 57.9 Å². The van der Waals surface area contributed by atoms with Crippen LogP contribution in [-0.4, -0.2) is 27.1 Å². The summed E-state index contributed by atoms with van der Waals surface area (Å²) in [5.41, 5.74) is 1.31. The number of hydrogen-bond acceptors (Lipinski definition) is 5. The first-order valence-corrected chi connectivity index (χ1v) is 6.36. The number of benzene rings is 1. The lowest BCUT2D eigenvalue weighted by Crippen LogP contribution is -2.08. The molecule has 0 bridgehead atoms. The summed E-state index contributed by atoms with van der Waals surface area (Å²) in [6.07, 6.45) is 0. The van der Waals surface area contributed by atoms with E-state index in [1.165, 1.54) is 6.07 Å². The van der Waals surface area contributed by atoms with Gasteiger partial charge in [0.05, 0.1) is 18.6 Å². The van der Waals surface area contributed by atoms with Gasteiger partial charge in [-0.2, -0.15) is 0 Å². The highest BCUT2D eigenvalue weighted by molar-refractivity contribution is 5.81. The highest BCUT2D eigenvalue weighted by Gasteiger charge is 2.08. The van der Waals surface area contributed by atoms with E-state index < -0.39 is 0 Å². The van der Waals surface area contributed by atoms with Gasteiger partial charge in [0.1, 0.15) is 17.1 Å². The van der Waals surface area contributed by atoms with Crippen molar-refractivity contribution in [1.29, 1.82) is 0 Å². The Morgan fingerprint density at radius 3 is 2.70 bits per heavy atom. The van der Waals surface area contributed by atoms with Gasteiger partial charge in [-0.3, -0.25) is 4.79 Å². The molecule has 0 amide bonds. The normalized spacial score (nSPS) is 10.9. The van der Waals surface area contributed by atoms with Gasteiger partial charge < -0.3 is 18.6 Å². The minimum Gasteiger partial charge on any atom is -0.467 e. The fourth-order valence-corrected chi connectivity index (χ4v) is 1.97. The van der Waals surface area contributed by atoms with Gasteiger partial charge in [-0.15, -0.1) is 0 Å². The van der Waals surface area contributed by atoms with Gasteiger partial charge in [-0.25, -0.2) is 0 Å². The van der Waals surface area contributed by atoms with Crippen molar-refractivity contribution in [2.45, 2.75) is 13.8 Å². The Morgan fingerprint density at radius 1 is 1.15 bits per heavy atom. The number of rotatable bonds is 6. The SMILES string of the molecule is COCCOCOc1cc(C)c2c(=O)cc(C)oc2c1. The van der Waals surface area contributed by atoms with Gasteiger partial charge in [0, 0.05) is 19.2 Å². The van der Waals surface area contributed by atoms with Gasteiger partial charge >= 0.3 is 0 Å². The lowest BCUT2D eigenvalue weighted by atomic mass is 10.1. The van der Waals surface area contributed by atoms with Crippen molar-refractivity contribution in [3.05, 3.63) is 39.7 Å². The summed E-state index contributed by atoms with van der Waals surface area (Å²) in [5, 5.41) is 0.586. The molecule has 0 aliphatic rings. The van der Waals surface area contributed by atoms with Crippen LogP contribution in [0.4, 0.5) is 0 Å². The van der Waals surface area contributed by atoms with E-state index in [1.807, 2.05) is 6.92 Å². The number of methoxy groups -OCH3 is 1. The van der Waals surface area contributed by atoms with E-state index in [9.17, 15) is 4.79 Å².